The first-order chi connectivity index (χ1) is 10.1. The fraction of sp³-hybridized carbons (Fsp3) is 0.294. The van der Waals surface area contributed by atoms with E-state index in [0.717, 1.165) is 15.6 Å². The highest BCUT2D eigenvalue weighted by molar-refractivity contribution is 9.10. The first-order valence-corrected chi connectivity index (χ1v) is 8.75. The Morgan fingerprint density at radius 3 is 2.38 bits per heavy atom. The monoisotopic (exact) mass is 410 g/mol. The standard InChI is InChI=1S/C17H16Br2O2/c1-12-2-4-13(5-3-12)16-10-20-17(11-18,21-16)14-6-8-15(19)9-7-14/h2-9,16H,10-11H2,1H3/t16-,17-/m0/s1. The number of alkyl halides is 1. The summed E-state index contributed by atoms with van der Waals surface area (Å²) < 4.78 is 13.3. The minimum absolute atomic E-state index is 0.0354. The predicted octanol–water partition coefficient (Wildman–Crippen LogP) is 5.09. The third kappa shape index (κ3) is 3.09. The summed E-state index contributed by atoms with van der Waals surface area (Å²) in [7, 11) is 0. The smallest absolute Gasteiger partial charge is 0.205 e. The molecule has 2 atom stereocenters. The number of benzene rings is 2. The number of ether oxygens (including phenoxy) is 2. The highest BCUT2D eigenvalue weighted by atomic mass is 79.9. The van der Waals surface area contributed by atoms with E-state index in [2.05, 4.69) is 63.0 Å². The van der Waals surface area contributed by atoms with Crippen LogP contribution in [-0.2, 0) is 15.3 Å². The molecule has 0 bridgehead atoms. The van der Waals surface area contributed by atoms with Gasteiger partial charge in [0.25, 0.3) is 0 Å². The van der Waals surface area contributed by atoms with Gasteiger partial charge in [0.15, 0.2) is 0 Å². The summed E-state index contributed by atoms with van der Waals surface area (Å²) >= 11 is 6.99. The quantitative estimate of drug-likeness (QED) is 0.654. The lowest BCUT2D eigenvalue weighted by Gasteiger charge is -2.26. The maximum Gasteiger partial charge on any atom is 0.205 e. The minimum atomic E-state index is -0.712. The van der Waals surface area contributed by atoms with Crippen LogP contribution in [-0.4, -0.2) is 11.9 Å². The van der Waals surface area contributed by atoms with E-state index in [1.165, 1.54) is 5.56 Å². The fourth-order valence-electron chi connectivity index (χ4n) is 2.46. The van der Waals surface area contributed by atoms with E-state index >= 15 is 0 Å². The molecule has 21 heavy (non-hydrogen) atoms. The van der Waals surface area contributed by atoms with Crippen molar-refractivity contribution in [3.63, 3.8) is 0 Å². The largest absolute Gasteiger partial charge is 0.342 e. The first kappa shape index (κ1) is 15.2. The van der Waals surface area contributed by atoms with Crippen LogP contribution in [0.15, 0.2) is 53.0 Å². The molecular formula is C17H16Br2O2. The number of hydrogen-bond acceptors (Lipinski definition) is 2. The Morgan fingerprint density at radius 1 is 1.10 bits per heavy atom. The lowest BCUT2D eigenvalue weighted by molar-refractivity contribution is -0.157. The first-order valence-electron chi connectivity index (χ1n) is 6.83. The summed E-state index contributed by atoms with van der Waals surface area (Å²) in [6.45, 7) is 2.64. The number of hydrogen-bond donors (Lipinski definition) is 0. The summed E-state index contributed by atoms with van der Waals surface area (Å²) in [5.41, 5.74) is 3.43. The second-order valence-corrected chi connectivity index (χ2v) is 6.70. The van der Waals surface area contributed by atoms with Gasteiger partial charge in [-0.15, -0.1) is 0 Å². The molecule has 0 unspecified atom stereocenters. The van der Waals surface area contributed by atoms with Crippen LogP contribution in [0.4, 0.5) is 0 Å². The zero-order valence-electron chi connectivity index (χ0n) is 11.7. The highest BCUT2D eigenvalue weighted by Crippen LogP contribution is 2.41. The zero-order chi connectivity index (χ0) is 14.9. The lowest BCUT2D eigenvalue weighted by atomic mass is 10.1. The van der Waals surface area contributed by atoms with Gasteiger partial charge in [0, 0.05) is 10.0 Å². The minimum Gasteiger partial charge on any atom is -0.342 e. The summed E-state index contributed by atoms with van der Waals surface area (Å²) in [5.74, 6) is -0.712. The molecule has 0 aliphatic carbocycles. The Hall–Kier alpha value is -0.680. The van der Waals surface area contributed by atoms with Gasteiger partial charge in [-0.25, -0.2) is 0 Å². The third-order valence-corrected chi connectivity index (χ3v) is 4.98. The Morgan fingerprint density at radius 2 is 1.76 bits per heavy atom. The van der Waals surface area contributed by atoms with E-state index in [4.69, 9.17) is 9.47 Å². The van der Waals surface area contributed by atoms with Crippen LogP contribution in [0.2, 0.25) is 0 Å². The van der Waals surface area contributed by atoms with E-state index < -0.39 is 5.79 Å². The normalized spacial score (nSPS) is 25.2. The van der Waals surface area contributed by atoms with Gasteiger partial charge in [-0.1, -0.05) is 73.8 Å². The summed E-state index contributed by atoms with van der Waals surface area (Å²) in [4.78, 5) is 0. The van der Waals surface area contributed by atoms with Gasteiger partial charge < -0.3 is 9.47 Å². The molecule has 0 amide bonds. The van der Waals surface area contributed by atoms with E-state index in [1.807, 2.05) is 24.3 Å². The van der Waals surface area contributed by atoms with Crippen LogP contribution in [0.5, 0.6) is 0 Å². The Labute approximate surface area is 141 Å². The van der Waals surface area contributed by atoms with E-state index in [-0.39, 0.29) is 6.10 Å². The van der Waals surface area contributed by atoms with Gasteiger partial charge in [0.05, 0.1) is 11.9 Å². The predicted molar refractivity (Wildman–Crippen MR) is 90.6 cm³/mol. The molecule has 110 valence electrons. The van der Waals surface area contributed by atoms with E-state index in [9.17, 15) is 0 Å². The summed E-state index contributed by atoms with van der Waals surface area (Å²) in [6.07, 6.45) is -0.0354. The Bertz CT molecular complexity index is 610. The average Bonchev–Trinajstić information content (AvgIpc) is 2.94. The van der Waals surface area contributed by atoms with Crippen molar-refractivity contribution in [1.82, 2.24) is 0 Å². The van der Waals surface area contributed by atoms with Gasteiger partial charge in [-0.05, 0) is 24.6 Å². The maximum atomic E-state index is 6.27. The van der Waals surface area contributed by atoms with Crippen molar-refractivity contribution in [2.75, 3.05) is 11.9 Å². The molecule has 0 N–H and O–H groups in total. The van der Waals surface area contributed by atoms with E-state index in [0.29, 0.717) is 11.9 Å². The second kappa shape index (κ2) is 6.21. The maximum absolute atomic E-state index is 6.27. The molecule has 2 aromatic carbocycles. The molecule has 4 heteroatoms. The van der Waals surface area contributed by atoms with Gasteiger partial charge in [-0.2, -0.15) is 0 Å². The molecule has 1 aliphatic heterocycles. The van der Waals surface area contributed by atoms with Gasteiger partial charge in [0.2, 0.25) is 5.79 Å². The highest BCUT2D eigenvalue weighted by Gasteiger charge is 2.42. The molecular weight excluding hydrogens is 396 g/mol. The number of halogens is 2. The van der Waals surface area contributed by atoms with Crippen molar-refractivity contribution >= 4 is 31.9 Å². The molecule has 1 saturated heterocycles. The van der Waals surface area contributed by atoms with Crippen molar-refractivity contribution in [3.05, 3.63) is 69.7 Å². The summed E-state index contributed by atoms with van der Waals surface area (Å²) in [5, 5.41) is 0.601. The molecule has 0 spiro atoms. The Balaban J connectivity index is 1.85. The van der Waals surface area contributed by atoms with E-state index in [1.54, 1.807) is 0 Å². The SMILES string of the molecule is Cc1ccc([C@@H]2CO[C@](CBr)(c3ccc(Br)cc3)O2)cc1. The molecule has 1 aliphatic rings. The molecule has 3 rings (SSSR count). The van der Waals surface area contributed by atoms with Crippen molar-refractivity contribution in [3.8, 4) is 0 Å². The molecule has 2 aromatic rings. The van der Waals surface area contributed by atoms with Crippen LogP contribution < -0.4 is 0 Å². The van der Waals surface area contributed by atoms with Crippen LogP contribution in [0.25, 0.3) is 0 Å². The van der Waals surface area contributed by atoms with Crippen LogP contribution in [0.1, 0.15) is 22.8 Å². The lowest BCUT2D eigenvalue weighted by Crippen LogP contribution is -2.29. The Kier molecular flexibility index (Phi) is 4.50. The van der Waals surface area contributed by atoms with Crippen LogP contribution in [0.3, 0.4) is 0 Å². The third-order valence-electron chi connectivity index (χ3n) is 3.71. The number of rotatable bonds is 3. The number of aryl methyl sites for hydroxylation is 1. The van der Waals surface area contributed by atoms with Crippen LogP contribution >= 0.6 is 31.9 Å². The van der Waals surface area contributed by atoms with Gasteiger partial charge in [-0.3, -0.25) is 0 Å². The van der Waals surface area contributed by atoms with Crippen molar-refractivity contribution < 1.29 is 9.47 Å². The molecule has 0 saturated carbocycles. The molecule has 0 aromatic heterocycles. The van der Waals surface area contributed by atoms with Gasteiger partial charge >= 0.3 is 0 Å². The van der Waals surface area contributed by atoms with Crippen molar-refractivity contribution in [2.24, 2.45) is 0 Å². The zero-order valence-corrected chi connectivity index (χ0v) is 14.9. The van der Waals surface area contributed by atoms with Crippen LogP contribution in [0, 0.1) is 6.92 Å². The molecule has 1 heterocycles. The molecule has 1 fully saturated rings. The van der Waals surface area contributed by atoms with Gasteiger partial charge in [0.1, 0.15) is 6.10 Å². The topological polar surface area (TPSA) is 18.5 Å². The van der Waals surface area contributed by atoms with Crippen molar-refractivity contribution in [2.45, 2.75) is 18.8 Å². The van der Waals surface area contributed by atoms with Crippen molar-refractivity contribution in [1.29, 1.82) is 0 Å². The molecule has 0 radical (unpaired) electrons. The molecule has 2 nitrogen and oxygen atoms in total. The summed E-state index contributed by atoms with van der Waals surface area (Å²) in [6, 6.07) is 16.5. The average molecular weight is 412 g/mol. The fourth-order valence-corrected chi connectivity index (χ4v) is 3.34. The second-order valence-electron chi connectivity index (χ2n) is 5.22.